The Kier molecular flexibility index (Phi) is 7.77. The third-order valence-corrected chi connectivity index (χ3v) is 8.54. The first-order chi connectivity index (χ1) is 15.1. The Morgan fingerprint density at radius 2 is 1.91 bits per heavy atom. The maximum atomic E-state index is 12.7. The number of hydrogen-bond donors (Lipinski definition) is 1. The summed E-state index contributed by atoms with van der Waals surface area (Å²) in [5, 5.41) is 8.02. The molecule has 1 fully saturated rings. The quantitative estimate of drug-likeness (QED) is 0.581. The van der Waals surface area contributed by atoms with Gasteiger partial charge in [0, 0.05) is 5.56 Å². The van der Waals surface area contributed by atoms with Crippen LogP contribution in [0, 0.1) is 25.7 Å². The van der Waals surface area contributed by atoms with Gasteiger partial charge in [-0.2, -0.15) is 0 Å². The zero-order chi connectivity index (χ0) is 23.5. The smallest absolute Gasteiger partial charge is 0.322 e. The molecular formula is C24H33NO6S. The lowest BCUT2D eigenvalue weighted by Gasteiger charge is -2.30. The predicted octanol–water partition coefficient (Wildman–Crippen LogP) is 4.56. The van der Waals surface area contributed by atoms with E-state index in [4.69, 9.17) is 9.15 Å². The van der Waals surface area contributed by atoms with Crippen molar-refractivity contribution in [2.24, 2.45) is 11.8 Å². The Morgan fingerprint density at radius 1 is 1.22 bits per heavy atom. The molecule has 7 nitrogen and oxygen atoms in total. The number of nitrogens with zero attached hydrogens (tertiary/aromatic N) is 1. The van der Waals surface area contributed by atoms with Crippen molar-refractivity contribution in [2.45, 2.75) is 71.3 Å². The first kappa shape index (κ1) is 24.5. The third-order valence-electron chi connectivity index (χ3n) is 6.09. The van der Waals surface area contributed by atoms with Gasteiger partial charge in [0.15, 0.2) is 15.1 Å². The molecule has 8 heteroatoms. The molecule has 2 aromatic rings. The van der Waals surface area contributed by atoms with E-state index >= 15 is 0 Å². The number of aliphatic carboxylic acids is 1. The molecule has 1 N–H and O–H groups in total. The molecule has 1 saturated carbocycles. The van der Waals surface area contributed by atoms with E-state index in [0.29, 0.717) is 24.7 Å². The van der Waals surface area contributed by atoms with Crippen LogP contribution in [-0.2, 0) is 26.0 Å². The highest BCUT2D eigenvalue weighted by Gasteiger charge is 2.38. The molecule has 176 valence electrons. The van der Waals surface area contributed by atoms with Crippen LogP contribution < -0.4 is 0 Å². The summed E-state index contributed by atoms with van der Waals surface area (Å²) < 4.78 is 37.4. The van der Waals surface area contributed by atoms with Crippen molar-refractivity contribution in [3.8, 4) is 11.5 Å². The summed E-state index contributed by atoms with van der Waals surface area (Å²) in [6, 6.07) is 7.96. The van der Waals surface area contributed by atoms with Crippen molar-refractivity contribution in [1.82, 2.24) is 4.98 Å². The lowest BCUT2D eigenvalue weighted by atomic mass is 9.88. The standard InChI is InChI=1S/C24H33NO6S/c1-15(2)22(24(26)27)32(28,29)14-18-6-5-7-20(12-18)30-13-21-17(4)31-23(25-21)19-10-8-16(3)9-11-19/h8-11,15,18,20,22H,5-7,12-14H2,1-4H3,(H,26,27). The number of aromatic nitrogens is 1. The molecule has 0 saturated heterocycles. The van der Waals surface area contributed by atoms with Gasteiger partial charge in [-0.05, 0) is 57.1 Å². The Labute approximate surface area is 190 Å². The second-order valence-electron chi connectivity index (χ2n) is 9.19. The lowest BCUT2D eigenvalue weighted by molar-refractivity contribution is -0.137. The van der Waals surface area contributed by atoms with Gasteiger partial charge in [-0.1, -0.05) is 38.0 Å². The maximum Gasteiger partial charge on any atom is 0.322 e. The third kappa shape index (κ3) is 5.98. The minimum Gasteiger partial charge on any atom is -0.480 e. The molecule has 1 aliphatic carbocycles. The summed E-state index contributed by atoms with van der Waals surface area (Å²) in [6.45, 7) is 7.45. The van der Waals surface area contributed by atoms with Crippen LogP contribution in [0.2, 0.25) is 0 Å². The minimum atomic E-state index is -3.73. The summed E-state index contributed by atoms with van der Waals surface area (Å²) >= 11 is 0. The van der Waals surface area contributed by atoms with Crippen LogP contribution in [0.25, 0.3) is 11.5 Å². The number of hydrogen-bond acceptors (Lipinski definition) is 6. The lowest BCUT2D eigenvalue weighted by Crippen LogP contribution is -2.39. The average Bonchev–Trinajstić information content (AvgIpc) is 3.06. The number of ether oxygens (including phenoxy) is 1. The molecule has 1 aromatic heterocycles. The van der Waals surface area contributed by atoms with E-state index in [1.165, 1.54) is 0 Å². The van der Waals surface area contributed by atoms with E-state index < -0.39 is 27.0 Å². The van der Waals surface area contributed by atoms with Crippen LogP contribution in [0.4, 0.5) is 0 Å². The van der Waals surface area contributed by atoms with E-state index in [-0.39, 0.29) is 17.8 Å². The molecular weight excluding hydrogens is 430 g/mol. The number of aryl methyl sites for hydroxylation is 2. The minimum absolute atomic E-state index is 0.0785. The fourth-order valence-electron chi connectivity index (χ4n) is 4.41. The number of benzene rings is 1. The SMILES string of the molecule is Cc1ccc(-c2nc(COC3CCCC(CS(=O)(=O)C(C(=O)O)C(C)C)C3)c(C)o2)cc1. The second kappa shape index (κ2) is 10.2. The van der Waals surface area contributed by atoms with Gasteiger partial charge in [-0.15, -0.1) is 0 Å². The largest absolute Gasteiger partial charge is 0.480 e. The Balaban J connectivity index is 1.60. The van der Waals surface area contributed by atoms with Crippen LogP contribution in [-0.4, -0.2) is 41.6 Å². The fraction of sp³-hybridized carbons (Fsp3) is 0.583. The van der Waals surface area contributed by atoms with Crippen molar-refractivity contribution in [2.75, 3.05) is 5.75 Å². The first-order valence-corrected chi connectivity index (χ1v) is 12.9. The summed E-state index contributed by atoms with van der Waals surface area (Å²) in [6.07, 6.45) is 3.00. The summed E-state index contributed by atoms with van der Waals surface area (Å²) in [5.74, 6) is -0.678. The van der Waals surface area contributed by atoms with Crippen molar-refractivity contribution in [3.05, 3.63) is 41.3 Å². The molecule has 1 aromatic carbocycles. The first-order valence-electron chi connectivity index (χ1n) is 11.2. The van der Waals surface area contributed by atoms with E-state index in [9.17, 15) is 18.3 Å². The number of rotatable bonds is 9. The Bertz CT molecular complexity index is 1030. The molecule has 32 heavy (non-hydrogen) atoms. The number of sulfone groups is 1. The Morgan fingerprint density at radius 3 is 2.53 bits per heavy atom. The van der Waals surface area contributed by atoms with Gasteiger partial charge in [0.1, 0.15) is 11.5 Å². The van der Waals surface area contributed by atoms with Crippen molar-refractivity contribution >= 4 is 15.8 Å². The zero-order valence-corrected chi connectivity index (χ0v) is 20.0. The van der Waals surface area contributed by atoms with E-state index in [1.807, 2.05) is 38.1 Å². The highest BCUT2D eigenvalue weighted by atomic mass is 32.2. The molecule has 0 radical (unpaired) electrons. The van der Waals surface area contributed by atoms with Gasteiger partial charge in [0.25, 0.3) is 0 Å². The molecule has 1 aliphatic rings. The van der Waals surface area contributed by atoms with Gasteiger partial charge in [0.05, 0.1) is 18.5 Å². The second-order valence-corrected chi connectivity index (χ2v) is 11.4. The molecule has 0 aliphatic heterocycles. The number of carboxylic acid groups (broad SMARTS) is 1. The molecule has 3 unspecified atom stereocenters. The Hall–Kier alpha value is -2.19. The highest BCUT2D eigenvalue weighted by Crippen LogP contribution is 2.30. The van der Waals surface area contributed by atoms with Crippen molar-refractivity contribution in [3.63, 3.8) is 0 Å². The normalized spacial score (nSPS) is 20.4. The number of oxazole rings is 1. The molecule has 0 bridgehead atoms. The molecule has 1 heterocycles. The molecule has 3 atom stereocenters. The van der Waals surface area contributed by atoms with Gasteiger partial charge >= 0.3 is 5.97 Å². The summed E-state index contributed by atoms with van der Waals surface area (Å²) in [5.41, 5.74) is 2.81. The van der Waals surface area contributed by atoms with Crippen molar-refractivity contribution in [1.29, 1.82) is 0 Å². The number of carbonyl (C=O) groups is 1. The van der Waals surface area contributed by atoms with E-state index in [2.05, 4.69) is 4.98 Å². The molecule has 3 rings (SSSR count). The van der Waals surface area contributed by atoms with Crippen LogP contribution in [0.5, 0.6) is 0 Å². The van der Waals surface area contributed by atoms with E-state index in [1.54, 1.807) is 13.8 Å². The van der Waals surface area contributed by atoms with E-state index in [0.717, 1.165) is 36.1 Å². The molecule has 0 spiro atoms. The fourth-order valence-corrected chi connectivity index (χ4v) is 6.71. The van der Waals surface area contributed by atoms with Gasteiger partial charge in [0.2, 0.25) is 5.89 Å². The van der Waals surface area contributed by atoms with Crippen molar-refractivity contribution < 1.29 is 27.5 Å². The predicted molar refractivity (Wildman–Crippen MR) is 122 cm³/mol. The summed E-state index contributed by atoms with van der Waals surface area (Å²) in [4.78, 5) is 16.1. The maximum absolute atomic E-state index is 12.7. The molecule has 0 amide bonds. The average molecular weight is 464 g/mol. The van der Waals surface area contributed by atoms with Gasteiger partial charge in [-0.25, -0.2) is 13.4 Å². The van der Waals surface area contributed by atoms with Gasteiger partial charge in [-0.3, -0.25) is 4.79 Å². The van der Waals surface area contributed by atoms with Crippen LogP contribution in [0.15, 0.2) is 28.7 Å². The monoisotopic (exact) mass is 463 g/mol. The van der Waals surface area contributed by atoms with Gasteiger partial charge < -0.3 is 14.3 Å². The highest BCUT2D eigenvalue weighted by molar-refractivity contribution is 7.92. The van der Waals surface area contributed by atoms with Crippen LogP contribution >= 0.6 is 0 Å². The summed E-state index contributed by atoms with van der Waals surface area (Å²) in [7, 11) is -3.73. The number of carboxylic acids is 1. The zero-order valence-electron chi connectivity index (χ0n) is 19.2. The topological polar surface area (TPSA) is 107 Å². The van der Waals surface area contributed by atoms with Crippen LogP contribution in [0.1, 0.15) is 56.5 Å². The van der Waals surface area contributed by atoms with Crippen LogP contribution in [0.3, 0.4) is 0 Å².